The summed E-state index contributed by atoms with van der Waals surface area (Å²) >= 11 is 0. The average molecular weight is 217 g/mol. The Hall–Kier alpha value is -1.30. The maximum atomic E-state index is 11.2. The SMILES string of the molecule is CC[C@@H](NC(=O)NCCCNC)C(=O)O. The van der Waals surface area contributed by atoms with Crippen molar-refractivity contribution in [1.82, 2.24) is 16.0 Å². The minimum Gasteiger partial charge on any atom is -0.480 e. The van der Waals surface area contributed by atoms with Gasteiger partial charge in [0.05, 0.1) is 0 Å². The van der Waals surface area contributed by atoms with Gasteiger partial charge in [-0.15, -0.1) is 0 Å². The molecule has 88 valence electrons. The Morgan fingerprint density at radius 3 is 2.47 bits per heavy atom. The van der Waals surface area contributed by atoms with Crippen LogP contribution in [0.3, 0.4) is 0 Å². The van der Waals surface area contributed by atoms with E-state index in [2.05, 4.69) is 16.0 Å². The number of carbonyl (C=O) groups is 2. The zero-order valence-electron chi connectivity index (χ0n) is 9.17. The van der Waals surface area contributed by atoms with Crippen LogP contribution in [0.2, 0.25) is 0 Å². The van der Waals surface area contributed by atoms with Crippen molar-refractivity contribution in [3.8, 4) is 0 Å². The molecule has 0 radical (unpaired) electrons. The van der Waals surface area contributed by atoms with Gasteiger partial charge in [-0.2, -0.15) is 0 Å². The van der Waals surface area contributed by atoms with Crippen molar-refractivity contribution in [2.24, 2.45) is 0 Å². The highest BCUT2D eigenvalue weighted by atomic mass is 16.4. The number of carboxylic acid groups (broad SMARTS) is 1. The lowest BCUT2D eigenvalue weighted by atomic mass is 10.2. The lowest BCUT2D eigenvalue weighted by Crippen LogP contribution is -2.46. The van der Waals surface area contributed by atoms with Gasteiger partial charge in [0.15, 0.2) is 0 Å². The molecule has 6 nitrogen and oxygen atoms in total. The van der Waals surface area contributed by atoms with Crippen molar-refractivity contribution in [2.45, 2.75) is 25.8 Å². The molecular weight excluding hydrogens is 198 g/mol. The molecule has 0 aromatic rings. The fourth-order valence-corrected chi connectivity index (χ4v) is 1.01. The van der Waals surface area contributed by atoms with E-state index >= 15 is 0 Å². The van der Waals surface area contributed by atoms with Gasteiger partial charge in [-0.1, -0.05) is 6.92 Å². The van der Waals surface area contributed by atoms with Crippen LogP contribution in [0.15, 0.2) is 0 Å². The normalized spacial score (nSPS) is 11.9. The van der Waals surface area contributed by atoms with Crippen LogP contribution < -0.4 is 16.0 Å². The largest absolute Gasteiger partial charge is 0.480 e. The van der Waals surface area contributed by atoms with Crippen LogP contribution in [0.5, 0.6) is 0 Å². The summed E-state index contributed by atoms with van der Waals surface area (Å²) in [5.41, 5.74) is 0. The van der Waals surface area contributed by atoms with E-state index in [4.69, 9.17) is 5.11 Å². The van der Waals surface area contributed by atoms with Crippen LogP contribution >= 0.6 is 0 Å². The highest BCUT2D eigenvalue weighted by Gasteiger charge is 2.16. The van der Waals surface area contributed by atoms with E-state index < -0.39 is 18.0 Å². The molecule has 0 fully saturated rings. The maximum absolute atomic E-state index is 11.2. The number of hydrogen-bond acceptors (Lipinski definition) is 3. The van der Waals surface area contributed by atoms with Crippen molar-refractivity contribution < 1.29 is 14.7 Å². The lowest BCUT2D eigenvalue weighted by molar-refractivity contribution is -0.139. The molecule has 2 amide bonds. The van der Waals surface area contributed by atoms with Crippen molar-refractivity contribution in [3.63, 3.8) is 0 Å². The second kappa shape index (κ2) is 8.05. The lowest BCUT2D eigenvalue weighted by Gasteiger charge is -2.12. The van der Waals surface area contributed by atoms with E-state index in [1.807, 2.05) is 7.05 Å². The smallest absolute Gasteiger partial charge is 0.326 e. The second-order valence-electron chi connectivity index (χ2n) is 3.16. The summed E-state index contributed by atoms with van der Waals surface area (Å²) in [6.07, 6.45) is 1.19. The van der Waals surface area contributed by atoms with Crippen LogP contribution in [-0.4, -0.2) is 43.3 Å². The predicted molar refractivity (Wildman–Crippen MR) is 56.8 cm³/mol. The molecule has 15 heavy (non-hydrogen) atoms. The summed E-state index contributed by atoms with van der Waals surface area (Å²) in [6.45, 7) is 3.05. The van der Waals surface area contributed by atoms with Crippen molar-refractivity contribution >= 4 is 12.0 Å². The standard InChI is InChI=1S/C9H19N3O3/c1-3-7(8(13)14)12-9(15)11-6-4-5-10-2/h7,10H,3-6H2,1-2H3,(H,13,14)(H2,11,12,15)/t7-/m1/s1. The van der Waals surface area contributed by atoms with E-state index in [9.17, 15) is 9.59 Å². The Balaban J connectivity index is 3.67. The number of carbonyl (C=O) groups excluding carboxylic acids is 1. The van der Waals surface area contributed by atoms with E-state index in [1.54, 1.807) is 6.92 Å². The number of amides is 2. The Kier molecular flexibility index (Phi) is 7.35. The quantitative estimate of drug-likeness (QED) is 0.443. The van der Waals surface area contributed by atoms with Gasteiger partial charge < -0.3 is 21.1 Å². The van der Waals surface area contributed by atoms with Gasteiger partial charge in [0.2, 0.25) is 0 Å². The summed E-state index contributed by atoms with van der Waals surface area (Å²) in [5.74, 6) is -1.01. The third kappa shape index (κ3) is 6.73. The molecule has 0 rings (SSSR count). The summed E-state index contributed by atoms with van der Waals surface area (Å²) in [4.78, 5) is 21.8. The first-order valence-corrected chi connectivity index (χ1v) is 5.03. The number of hydrogen-bond donors (Lipinski definition) is 4. The third-order valence-electron chi connectivity index (χ3n) is 1.90. The van der Waals surface area contributed by atoms with Gasteiger partial charge in [0, 0.05) is 6.54 Å². The summed E-state index contributed by atoms with van der Waals surface area (Å²) in [5, 5.41) is 16.6. The van der Waals surface area contributed by atoms with E-state index in [0.29, 0.717) is 13.0 Å². The van der Waals surface area contributed by atoms with Crippen LogP contribution in [0.4, 0.5) is 4.79 Å². The summed E-state index contributed by atoms with van der Waals surface area (Å²) in [7, 11) is 1.83. The highest BCUT2D eigenvalue weighted by molar-refractivity contribution is 5.82. The number of rotatable bonds is 7. The van der Waals surface area contributed by atoms with Gasteiger partial charge in [0.25, 0.3) is 0 Å². The molecule has 6 heteroatoms. The molecule has 0 heterocycles. The number of carboxylic acids is 1. The fourth-order valence-electron chi connectivity index (χ4n) is 1.01. The molecule has 1 atom stereocenters. The van der Waals surface area contributed by atoms with E-state index in [0.717, 1.165) is 13.0 Å². The zero-order valence-corrected chi connectivity index (χ0v) is 9.17. The Labute approximate surface area is 89.4 Å². The average Bonchev–Trinajstić information content (AvgIpc) is 2.20. The Morgan fingerprint density at radius 1 is 1.33 bits per heavy atom. The monoisotopic (exact) mass is 217 g/mol. The van der Waals surface area contributed by atoms with Gasteiger partial charge in [0.1, 0.15) is 6.04 Å². The number of nitrogens with one attached hydrogen (secondary N) is 3. The van der Waals surface area contributed by atoms with Crippen LogP contribution in [0.25, 0.3) is 0 Å². The van der Waals surface area contributed by atoms with Crippen molar-refractivity contribution in [2.75, 3.05) is 20.1 Å². The fraction of sp³-hybridized carbons (Fsp3) is 0.778. The molecule has 0 aliphatic heterocycles. The van der Waals surface area contributed by atoms with E-state index in [-0.39, 0.29) is 0 Å². The van der Waals surface area contributed by atoms with Crippen LogP contribution in [0.1, 0.15) is 19.8 Å². The molecule has 0 aliphatic rings. The minimum atomic E-state index is -1.01. The minimum absolute atomic E-state index is 0.374. The molecule has 0 aliphatic carbocycles. The molecule has 0 spiro atoms. The number of urea groups is 1. The first-order chi connectivity index (χ1) is 7.11. The molecule has 0 unspecified atom stereocenters. The summed E-state index contributed by atoms with van der Waals surface area (Å²) < 4.78 is 0. The van der Waals surface area contributed by atoms with Crippen LogP contribution in [-0.2, 0) is 4.79 Å². The van der Waals surface area contributed by atoms with Gasteiger partial charge >= 0.3 is 12.0 Å². The maximum Gasteiger partial charge on any atom is 0.326 e. The zero-order chi connectivity index (χ0) is 11.7. The third-order valence-corrected chi connectivity index (χ3v) is 1.90. The summed E-state index contributed by atoms with van der Waals surface area (Å²) in [6, 6.07) is -1.24. The first-order valence-electron chi connectivity index (χ1n) is 5.03. The topological polar surface area (TPSA) is 90.5 Å². The first kappa shape index (κ1) is 13.7. The van der Waals surface area contributed by atoms with E-state index in [1.165, 1.54) is 0 Å². The molecule has 0 saturated heterocycles. The second-order valence-corrected chi connectivity index (χ2v) is 3.16. The van der Waals surface area contributed by atoms with Crippen molar-refractivity contribution in [3.05, 3.63) is 0 Å². The molecule has 0 aromatic heterocycles. The van der Waals surface area contributed by atoms with Crippen LogP contribution in [0, 0.1) is 0 Å². The Morgan fingerprint density at radius 2 is 2.00 bits per heavy atom. The molecule has 0 aromatic carbocycles. The Bertz CT molecular complexity index is 209. The molecular formula is C9H19N3O3. The molecule has 0 bridgehead atoms. The van der Waals surface area contributed by atoms with Gasteiger partial charge in [-0.3, -0.25) is 0 Å². The van der Waals surface area contributed by atoms with Gasteiger partial charge in [-0.25, -0.2) is 9.59 Å². The predicted octanol–water partition coefficient (Wildman–Crippen LogP) is -0.242. The van der Waals surface area contributed by atoms with Gasteiger partial charge in [-0.05, 0) is 26.4 Å². The number of aliphatic carboxylic acids is 1. The van der Waals surface area contributed by atoms with Crippen molar-refractivity contribution in [1.29, 1.82) is 0 Å². The highest BCUT2D eigenvalue weighted by Crippen LogP contribution is 1.90. The molecule has 4 N–H and O–H groups in total. The molecule has 0 saturated carbocycles.